The summed E-state index contributed by atoms with van der Waals surface area (Å²) >= 11 is 0. The van der Waals surface area contributed by atoms with Crippen molar-refractivity contribution in [2.45, 2.75) is 13.3 Å². The van der Waals surface area contributed by atoms with Crippen LogP contribution in [0.25, 0.3) is 0 Å². The third-order valence-corrected chi connectivity index (χ3v) is 3.12. The molecule has 1 aliphatic heterocycles. The average Bonchev–Trinajstić information content (AvgIpc) is 2.69. The highest BCUT2D eigenvalue weighted by molar-refractivity contribution is 5.97. The summed E-state index contributed by atoms with van der Waals surface area (Å²) in [6.45, 7) is 2.72. The lowest BCUT2D eigenvalue weighted by Gasteiger charge is -2.18. The molecule has 4 heteroatoms. The Morgan fingerprint density at radius 2 is 1.76 bits per heavy atom. The topological polar surface area (TPSA) is 38.8 Å². The first-order chi connectivity index (χ1) is 8.15. The van der Waals surface area contributed by atoms with Gasteiger partial charge in [-0.05, 0) is 6.42 Å². The number of anilines is 1. The van der Waals surface area contributed by atoms with E-state index in [0.29, 0.717) is 11.5 Å². The molecule has 0 aliphatic carbocycles. The van der Waals surface area contributed by atoms with Gasteiger partial charge in [0.25, 0.3) is 0 Å². The Morgan fingerprint density at radius 1 is 1.18 bits per heavy atom. The monoisotopic (exact) mass is 235 g/mol. The summed E-state index contributed by atoms with van der Waals surface area (Å²) in [6, 6.07) is 5.52. The molecule has 0 spiro atoms. The number of carbonyl (C=O) groups excluding carboxylic acids is 1. The van der Waals surface area contributed by atoms with Crippen LogP contribution in [0, 0.1) is 5.92 Å². The molecular weight excluding hydrogens is 218 g/mol. The third-order valence-electron chi connectivity index (χ3n) is 3.12. The standard InChI is InChI=1S/C13H17NO3/c1-9-4-5-14(13(9)15)10-6-11(16-2)8-12(7-10)17-3/h6-9H,4-5H2,1-3H3. The zero-order valence-electron chi connectivity index (χ0n) is 10.4. The van der Waals surface area contributed by atoms with Gasteiger partial charge in [0.15, 0.2) is 0 Å². The minimum absolute atomic E-state index is 0.104. The Labute approximate surface area is 101 Å². The number of methoxy groups -OCH3 is 2. The number of carbonyl (C=O) groups is 1. The van der Waals surface area contributed by atoms with Crippen molar-refractivity contribution >= 4 is 11.6 Å². The lowest BCUT2D eigenvalue weighted by molar-refractivity contribution is -0.119. The molecule has 4 nitrogen and oxygen atoms in total. The second-order valence-corrected chi connectivity index (χ2v) is 4.25. The quantitative estimate of drug-likeness (QED) is 0.805. The molecule has 17 heavy (non-hydrogen) atoms. The van der Waals surface area contributed by atoms with Crippen molar-refractivity contribution in [3.05, 3.63) is 18.2 Å². The summed E-state index contributed by atoms with van der Waals surface area (Å²) in [6.07, 6.45) is 0.901. The van der Waals surface area contributed by atoms with E-state index in [1.54, 1.807) is 25.2 Å². The van der Waals surface area contributed by atoms with Crippen LogP contribution in [-0.4, -0.2) is 26.7 Å². The van der Waals surface area contributed by atoms with E-state index >= 15 is 0 Å². The molecule has 0 bridgehead atoms. The van der Waals surface area contributed by atoms with Gasteiger partial charge in [0.05, 0.1) is 19.9 Å². The fraction of sp³-hybridized carbons (Fsp3) is 0.462. The molecule has 1 aliphatic rings. The molecule has 1 amide bonds. The van der Waals surface area contributed by atoms with E-state index in [0.717, 1.165) is 18.7 Å². The average molecular weight is 235 g/mol. The highest BCUT2D eigenvalue weighted by Crippen LogP contribution is 2.32. The molecule has 0 N–H and O–H groups in total. The maximum atomic E-state index is 11.9. The van der Waals surface area contributed by atoms with Crippen LogP contribution in [0.5, 0.6) is 11.5 Å². The minimum Gasteiger partial charge on any atom is -0.497 e. The van der Waals surface area contributed by atoms with Crippen LogP contribution in [-0.2, 0) is 4.79 Å². The van der Waals surface area contributed by atoms with E-state index in [9.17, 15) is 4.79 Å². The van der Waals surface area contributed by atoms with E-state index < -0.39 is 0 Å². The molecule has 1 aromatic rings. The lowest BCUT2D eigenvalue weighted by atomic mass is 10.1. The van der Waals surface area contributed by atoms with Crippen LogP contribution < -0.4 is 14.4 Å². The van der Waals surface area contributed by atoms with Gasteiger partial charge in [0.2, 0.25) is 5.91 Å². The molecule has 1 fully saturated rings. The molecule has 1 atom stereocenters. The van der Waals surface area contributed by atoms with Crippen molar-refractivity contribution in [3.63, 3.8) is 0 Å². The second-order valence-electron chi connectivity index (χ2n) is 4.25. The Balaban J connectivity index is 2.34. The summed E-state index contributed by atoms with van der Waals surface area (Å²) in [5.74, 6) is 1.67. The van der Waals surface area contributed by atoms with Crippen LogP contribution in [0.4, 0.5) is 5.69 Å². The highest BCUT2D eigenvalue weighted by atomic mass is 16.5. The van der Waals surface area contributed by atoms with Gasteiger partial charge in [-0.2, -0.15) is 0 Å². The van der Waals surface area contributed by atoms with Crippen molar-refractivity contribution in [1.82, 2.24) is 0 Å². The molecule has 1 aromatic carbocycles. The number of hydrogen-bond acceptors (Lipinski definition) is 3. The third kappa shape index (κ3) is 2.20. The number of rotatable bonds is 3. The van der Waals surface area contributed by atoms with Crippen molar-refractivity contribution in [2.24, 2.45) is 5.92 Å². The van der Waals surface area contributed by atoms with E-state index in [-0.39, 0.29) is 11.8 Å². The summed E-state index contributed by atoms with van der Waals surface area (Å²) < 4.78 is 10.4. The SMILES string of the molecule is COc1cc(OC)cc(N2CCC(C)C2=O)c1. The number of amides is 1. The maximum Gasteiger partial charge on any atom is 0.229 e. The fourth-order valence-electron chi connectivity index (χ4n) is 2.03. The van der Waals surface area contributed by atoms with Crippen LogP contribution in [0.2, 0.25) is 0 Å². The summed E-state index contributed by atoms with van der Waals surface area (Å²) in [5, 5.41) is 0. The zero-order chi connectivity index (χ0) is 12.4. The van der Waals surface area contributed by atoms with Crippen LogP contribution >= 0.6 is 0 Å². The van der Waals surface area contributed by atoms with Gasteiger partial charge >= 0.3 is 0 Å². The molecule has 2 rings (SSSR count). The van der Waals surface area contributed by atoms with Gasteiger partial charge < -0.3 is 14.4 Å². The van der Waals surface area contributed by atoms with Crippen LogP contribution in [0.15, 0.2) is 18.2 Å². The minimum atomic E-state index is 0.104. The normalized spacial score (nSPS) is 19.6. The zero-order valence-corrected chi connectivity index (χ0v) is 10.4. The number of hydrogen-bond donors (Lipinski definition) is 0. The lowest BCUT2D eigenvalue weighted by Crippen LogP contribution is -2.26. The van der Waals surface area contributed by atoms with E-state index in [4.69, 9.17) is 9.47 Å². The first-order valence-electron chi connectivity index (χ1n) is 5.70. The second kappa shape index (κ2) is 4.65. The molecule has 1 unspecified atom stereocenters. The van der Waals surface area contributed by atoms with Gasteiger partial charge in [-0.25, -0.2) is 0 Å². The molecule has 92 valence electrons. The van der Waals surface area contributed by atoms with Crippen molar-refractivity contribution in [1.29, 1.82) is 0 Å². The number of nitrogens with zero attached hydrogens (tertiary/aromatic N) is 1. The Morgan fingerprint density at radius 3 is 2.18 bits per heavy atom. The van der Waals surface area contributed by atoms with Gasteiger partial charge in [-0.15, -0.1) is 0 Å². The van der Waals surface area contributed by atoms with E-state index in [2.05, 4.69) is 0 Å². The first-order valence-corrected chi connectivity index (χ1v) is 5.70. The smallest absolute Gasteiger partial charge is 0.229 e. The van der Waals surface area contributed by atoms with Crippen molar-refractivity contribution in [3.8, 4) is 11.5 Å². The maximum absolute atomic E-state index is 11.9. The molecule has 0 saturated carbocycles. The van der Waals surface area contributed by atoms with E-state index in [1.165, 1.54) is 0 Å². The Bertz CT molecular complexity index is 408. The van der Waals surface area contributed by atoms with Crippen molar-refractivity contribution in [2.75, 3.05) is 25.7 Å². The first kappa shape index (κ1) is 11.8. The fourth-order valence-corrected chi connectivity index (χ4v) is 2.03. The largest absolute Gasteiger partial charge is 0.497 e. The summed E-state index contributed by atoms with van der Waals surface area (Å²) in [4.78, 5) is 13.7. The molecule has 0 radical (unpaired) electrons. The van der Waals surface area contributed by atoms with Gasteiger partial charge in [0.1, 0.15) is 11.5 Å². The number of benzene rings is 1. The van der Waals surface area contributed by atoms with Crippen LogP contribution in [0.3, 0.4) is 0 Å². The highest BCUT2D eigenvalue weighted by Gasteiger charge is 2.29. The summed E-state index contributed by atoms with van der Waals surface area (Å²) in [7, 11) is 3.21. The predicted molar refractivity (Wildman–Crippen MR) is 65.7 cm³/mol. The van der Waals surface area contributed by atoms with Gasteiger partial charge in [-0.1, -0.05) is 6.92 Å². The Kier molecular flexibility index (Phi) is 3.22. The summed E-state index contributed by atoms with van der Waals surface area (Å²) in [5.41, 5.74) is 0.843. The molecular formula is C13H17NO3. The van der Waals surface area contributed by atoms with Crippen molar-refractivity contribution < 1.29 is 14.3 Å². The van der Waals surface area contributed by atoms with E-state index in [1.807, 2.05) is 19.1 Å². The number of ether oxygens (including phenoxy) is 2. The molecule has 0 aromatic heterocycles. The van der Waals surface area contributed by atoms with Crippen LogP contribution in [0.1, 0.15) is 13.3 Å². The molecule has 1 saturated heterocycles. The van der Waals surface area contributed by atoms with Gasteiger partial charge in [0, 0.05) is 30.7 Å². The van der Waals surface area contributed by atoms with Gasteiger partial charge in [-0.3, -0.25) is 4.79 Å². The predicted octanol–water partition coefficient (Wildman–Crippen LogP) is 2.08. The Hall–Kier alpha value is -1.71. The molecule has 1 heterocycles.